The fourth-order valence-corrected chi connectivity index (χ4v) is 5.29. The molecule has 0 spiro atoms. The molecule has 36 heavy (non-hydrogen) atoms. The minimum atomic E-state index is -0.234. The highest BCUT2D eigenvalue weighted by molar-refractivity contribution is 5.99. The van der Waals surface area contributed by atoms with Gasteiger partial charge in [-0.25, -0.2) is 0 Å². The van der Waals surface area contributed by atoms with Crippen molar-refractivity contribution in [2.75, 3.05) is 0 Å². The van der Waals surface area contributed by atoms with Crippen molar-refractivity contribution in [3.63, 3.8) is 0 Å². The Kier molecular flexibility index (Phi) is 5.67. The Morgan fingerprint density at radius 1 is 0.806 bits per heavy atom. The highest BCUT2D eigenvalue weighted by atomic mass is 14.9. The molecule has 4 aromatic rings. The molecule has 0 heterocycles. The number of aliphatic imine (C=N–C) groups is 1. The van der Waals surface area contributed by atoms with E-state index in [9.17, 15) is 0 Å². The summed E-state index contributed by atoms with van der Waals surface area (Å²) in [5, 5.41) is 7.99. The molecule has 0 radical (unpaired) electrons. The van der Waals surface area contributed by atoms with Crippen molar-refractivity contribution >= 4 is 17.6 Å². The molecule has 4 aromatic carbocycles. The van der Waals surface area contributed by atoms with Gasteiger partial charge in [0.1, 0.15) is 5.84 Å². The third-order valence-corrected chi connectivity index (χ3v) is 7.15. The van der Waals surface area contributed by atoms with Crippen LogP contribution in [0.1, 0.15) is 22.3 Å². The van der Waals surface area contributed by atoms with Crippen LogP contribution in [0, 0.1) is 11.3 Å². The molecule has 3 N–H and O–H groups in total. The first-order chi connectivity index (χ1) is 17.7. The third-order valence-electron chi connectivity index (χ3n) is 7.15. The number of rotatable bonds is 5. The van der Waals surface area contributed by atoms with Gasteiger partial charge in [-0.3, -0.25) is 4.99 Å². The molecule has 2 aliphatic carbocycles. The number of nitrogens with two attached hydrogens (primary N) is 1. The normalized spacial score (nSPS) is 18.3. The Bertz CT molecular complexity index is 1540. The van der Waals surface area contributed by atoms with E-state index in [4.69, 9.17) is 16.1 Å². The van der Waals surface area contributed by atoms with Crippen molar-refractivity contribution in [3.8, 4) is 22.3 Å². The Balaban J connectivity index is 1.35. The summed E-state index contributed by atoms with van der Waals surface area (Å²) in [5.41, 5.74) is 17.4. The number of allylic oxidation sites excluding steroid dienone is 2. The summed E-state index contributed by atoms with van der Waals surface area (Å²) >= 11 is 0. The molecule has 2 aliphatic rings. The average molecular weight is 466 g/mol. The molecule has 3 heteroatoms. The van der Waals surface area contributed by atoms with Gasteiger partial charge in [-0.05, 0) is 57.0 Å². The molecule has 0 saturated heterocycles. The SMILES string of the molecule is N=CC1C=CC(c2cccc3c2Cc2ccccc2-3)=CC1N=C(N)c1cccc(-c2ccccc2)c1. The van der Waals surface area contributed by atoms with Crippen molar-refractivity contribution in [1.82, 2.24) is 0 Å². The van der Waals surface area contributed by atoms with Crippen LogP contribution in [0.2, 0.25) is 0 Å². The minimum Gasteiger partial charge on any atom is -0.383 e. The molecular formula is C33H27N3. The lowest BCUT2D eigenvalue weighted by Gasteiger charge is -2.22. The summed E-state index contributed by atoms with van der Waals surface area (Å²) in [4.78, 5) is 4.92. The van der Waals surface area contributed by atoms with E-state index in [2.05, 4.69) is 85.0 Å². The highest BCUT2D eigenvalue weighted by Gasteiger charge is 2.25. The summed E-state index contributed by atoms with van der Waals surface area (Å²) in [6.45, 7) is 0. The van der Waals surface area contributed by atoms with Crippen LogP contribution in [-0.4, -0.2) is 18.1 Å². The van der Waals surface area contributed by atoms with E-state index in [1.165, 1.54) is 34.0 Å². The first-order valence-electron chi connectivity index (χ1n) is 12.3. The van der Waals surface area contributed by atoms with Crippen molar-refractivity contribution in [3.05, 3.63) is 138 Å². The van der Waals surface area contributed by atoms with E-state index in [0.29, 0.717) is 5.84 Å². The molecule has 3 nitrogen and oxygen atoms in total. The Morgan fingerprint density at radius 2 is 1.53 bits per heavy atom. The number of nitrogens with one attached hydrogen (secondary N) is 1. The maximum absolute atomic E-state index is 7.99. The van der Waals surface area contributed by atoms with Gasteiger partial charge in [0.2, 0.25) is 0 Å². The summed E-state index contributed by atoms with van der Waals surface area (Å²) < 4.78 is 0. The zero-order chi connectivity index (χ0) is 24.5. The predicted molar refractivity (Wildman–Crippen MR) is 150 cm³/mol. The van der Waals surface area contributed by atoms with E-state index in [0.717, 1.165) is 28.7 Å². The fourth-order valence-electron chi connectivity index (χ4n) is 5.29. The molecule has 6 rings (SSSR count). The zero-order valence-corrected chi connectivity index (χ0v) is 19.9. The van der Waals surface area contributed by atoms with Crippen LogP contribution < -0.4 is 5.73 Å². The molecule has 174 valence electrons. The number of hydrogen-bond donors (Lipinski definition) is 2. The number of nitrogens with zero attached hydrogens (tertiary/aromatic N) is 1. The molecule has 0 amide bonds. The lowest BCUT2D eigenvalue weighted by molar-refractivity contribution is 0.730. The van der Waals surface area contributed by atoms with E-state index in [1.54, 1.807) is 0 Å². The largest absolute Gasteiger partial charge is 0.383 e. The molecule has 0 fully saturated rings. The van der Waals surface area contributed by atoms with Crippen LogP contribution in [0.5, 0.6) is 0 Å². The second-order valence-electron chi connectivity index (χ2n) is 9.34. The van der Waals surface area contributed by atoms with Gasteiger partial charge in [0.25, 0.3) is 0 Å². The summed E-state index contributed by atoms with van der Waals surface area (Å²) in [7, 11) is 0. The van der Waals surface area contributed by atoms with E-state index < -0.39 is 0 Å². The summed E-state index contributed by atoms with van der Waals surface area (Å²) in [6, 6.07) is 33.4. The number of hydrogen-bond acceptors (Lipinski definition) is 2. The lowest BCUT2D eigenvalue weighted by atomic mass is 9.87. The van der Waals surface area contributed by atoms with Crippen LogP contribution in [0.3, 0.4) is 0 Å². The van der Waals surface area contributed by atoms with Crippen LogP contribution in [0.4, 0.5) is 0 Å². The number of benzene rings is 4. The van der Waals surface area contributed by atoms with Gasteiger partial charge in [-0.2, -0.15) is 0 Å². The monoisotopic (exact) mass is 465 g/mol. The Morgan fingerprint density at radius 3 is 2.39 bits per heavy atom. The molecule has 0 aromatic heterocycles. The smallest absolute Gasteiger partial charge is 0.126 e. The van der Waals surface area contributed by atoms with E-state index in [-0.39, 0.29) is 12.0 Å². The number of fused-ring (bicyclic) bond motifs is 3. The van der Waals surface area contributed by atoms with Crippen LogP contribution >= 0.6 is 0 Å². The van der Waals surface area contributed by atoms with E-state index in [1.807, 2.05) is 30.3 Å². The minimum absolute atomic E-state index is 0.126. The molecule has 0 bridgehead atoms. The zero-order valence-electron chi connectivity index (χ0n) is 19.9. The predicted octanol–water partition coefficient (Wildman–Crippen LogP) is 6.92. The van der Waals surface area contributed by atoms with Crippen molar-refractivity contribution < 1.29 is 0 Å². The van der Waals surface area contributed by atoms with Crippen LogP contribution in [-0.2, 0) is 6.42 Å². The average Bonchev–Trinajstić information content (AvgIpc) is 3.32. The second kappa shape index (κ2) is 9.27. The van der Waals surface area contributed by atoms with Gasteiger partial charge >= 0.3 is 0 Å². The van der Waals surface area contributed by atoms with Crippen LogP contribution in [0.15, 0.2) is 120 Å². The standard InChI is InChI=1S/C33H27N3/c34-21-27-17-16-25(29-14-7-15-30-28-13-5-4-10-24(28)19-31(29)30)20-32(27)36-33(35)26-12-6-11-23(18-26)22-8-2-1-3-9-22/h1-18,20-21,27,32,34H,19H2,(H2,35,36). The lowest BCUT2D eigenvalue weighted by Crippen LogP contribution is -2.24. The molecule has 0 saturated carbocycles. The third kappa shape index (κ3) is 3.99. The van der Waals surface area contributed by atoms with Gasteiger partial charge in [-0.15, -0.1) is 0 Å². The maximum Gasteiger partial charge on any atom is 0.126 e. The summed E-state index contributed by atoms with van der Waals surface area (Å²) in [6.07, 6.45) is 8.76. The Hall–Kier alpha value is -4.50. The maximum atomic E-state index is 7.99. The quantitative estimate of drug-likeness (QED) is 0.215. The first kappa shape index (κ1) is 22.0. The molecule has 2 unspecified atom stereocenters. The van der Waals surface area contributed by atoms with Gasteiger partial charge in [-0.1, -0.05) is 109 Å². The van der Waals surface area contributed by atoms with E-state index >= 15 is 0 Å². The van der Waals surface area contributed by atoms with Crippen LogP contribution in [0.25, 0.3) is 27.8 Å². The highest BCUT2D eigenvalue weighted by Crippen LogP contribution is 2.41. The molecule has 0 aliphatic heterocycles. The van der Waals surface area contributed by atoms with Gasteiger partial charge in [0.05, 0.1) is 6.04 Å². The summed E-state index contributed by atoms with van der Waals surface area (Å²) in [5.74, 6) is 0.361. The van der Waals surface area contributed by atoms with Gasteiger partial charge < -0.3 is 11.1 Å². The fraction of sp³-hybridized carbons (Fsp3) is 0.0909. The molecule has 2 atom stereocenters. The first-order valence-corrected chi connectivity index (χ1v) is 12.3. The van der Waals surface area contributed by atoms with Crippen molar-refractivity contribution in [1.29, 1.82) is 5.41 Å². The van der Waals surface area contributed by atoms with Crippen molar-refractivity contribution in [2.45, 2.75) is 12.5 Å². The van der Waals surface area contributed by atoms with Gasteiger partial charge in [0, 0.05) is 17.7 Å². The Labute approximate surface area is 211 Å². The van der Waals surface area contributed by atoms with Crippen molar-refractivity contribution in [2.24, 2.45) is 16.6 Å². The second-order valence-corrected chi connectivity index (χ2v) is 9.34. The molecular weight excluding hydrogens is 438 g/mol. The number of amidine groups is 1. The topological polar surface area (TPSA) is 62.2 Å². The van der Waals surface area contributed by atoms with Gasteiger partial charge in [0.15, 0.2) is 0 Å².